The number of benzene rings is 2. The molecule has 1 saturated heterocycles. The van der Waals surface area contributed by atoms with Crippen molar-refractivity contribution in [1.82, 2.24) is 10.2 Å². The van der Waals surface area contributed by atoms with Gasteiger partial charge in [-0.25, -0.2) is 4.79 Å². The number of hydrogen-bond acceptors (Lipinski definition) is 4. The third-order valence-electron chi connectivity index (χ3n) is 6.86. The lowest BCUT2D eigenvalue weighted by atomic mass is 9.95. The van der Waals surface area contributed by atoms with Crippen molar-refractivity contribution < 1.29 is 24.2 Å². The Labute approximate surface area is 193 Å². The molecule has 0 bridgehead atoms. The maximum Gasteiger partial charge on any atom is 0.407 e. The Bertz CT molecular complexity index is 1010. The van der Waals surface area contributed by atoms with Crippen LogP contribution in [-0.4, -0.2) is 53.7 Å². The van der Waals surface area contributed by atoms with E-state index in [-0.39, 0.29) is 36.7 Å². The number of alkyl carbamates (subject to hydrolysis) is 1. The van der Waals surface area contributed by atoms with Gasteiger partial charge in [0, 0.05) is 19.0 Å². The second kappa shape index (κ2) is 9.65. The molecule has 1 fully saturated rings. The van der Waals surface area contributed by atoms with E-state index in [9.17, 15) is 14.4 Å². The number of likely N-dealkylation sites (tertiary alicyclic amines) is 1. The molecule has 4 rings (SSSR count). The van der Waals surface area contributed by atoms with Crippen LogP contribution < -0.4 is 5.32 Å². The highest BCUT2D eigenvalue weighted by Crippen LogP contribution is 2.44. The zero-order chi connectivity index (χ0) is 23.5. The van der Waals surface area contributed by atoms with Crippen LogP contribution in [0.1, 0.15) is 43.7 Å². The summed E-state index contributed by atoms with van der Waals surface area (Å²) in [6.07, 6.45) is -0.148. The molecule has 0 saturated carbocycles. The number of carboxylic acid groups (broad SMARTS) is 1. The molecule has 1 heterocycles. The minimum absolute atomic E-state index is 0.0432. The molecule has 0 spiro atoms. The lowest BCUT2D eigenvalue weighted by molar-refractivity contribution is -0.138. The van der Waals surface area contributed by atoms with E-state index in [0.29, 0.717) is 19.5 Å². The number of rotatable bonds is 7. The SMILES string of the molecule is CC[C@H](NC(=O)OCC1c2ccccc2-c2ccccc21)C(=O)N1CC(C)C(CC(=O)O)C1. The predicted molar refractivity (Wildman–Crippen MR) is 124 cm³/mol. The zero-order valence-corrected chi connectivity index (χ0v) is 19.0. The van der Waals surface area contributed by atoms with Crippen LogP contribution in [0.5, 0.6) is 0 Å². The quantitative estimate of drug-likeness (QED) is 0.668. The Hall–Kier alpha value is -3.35. The minimum atomic E-state index is -0.857. The molecule has 2 amide bonds. The molecule has 0 aromatic heterocycles. The fraction of sp³-hybridized carbons (Fsp3) is 0.423. The smallest absolute Gasteiger partial charge is 0.407 e. The van der Waals surface area contributed by atoms with Gasteiger partial charge in [-0.05, 0) is 40.5 Å². The standard InChI is InChI=1S/C26H30N2O5/c1-3-23(25(31)28-13-16(2)17(14-28)12-24(29)30)27-26(32)33-15-22-20-10-6-4-8-18(20)19-9-5-7-11-21(19)22/h4-11,16-17,22-23H,3,12-15H2,1-2H3,(H,27,32)(H,29,30)/t16?,17?,23-/m0/s1. The molecule has 1 aliphatic heterocycles. The average molecular weight is 451 g/mol. The number of fused-ring (bicyclic) bond motifs is 3. The van der Waals surface area contributed by atoms with E-state index in [1.165, 1.54) is 0 Å². The van der Waals surface area contributed by atoms with Crippen LogP contribution in [0, 0.1) is 11.8 Å². The summed E-state index contributed by atoms with van der Waals surface area (Å²) in [6, 6.07) is 15.5. The van der Waals surface area contributed by atoms with Crippen molar-refractivity contribution in [3.05, 3.63) is 59.7 Å². The first kappa shape index (κ1) is 22.8. The molecular weight excluding hydrogens is 420 g/mol. The maximum absolute atomic E-state index is 13.0. The van der Waals surface area contributed by atoms with Gasteiger partial charge in [0.2, 0.25) is 5.91 Å². The van der Waals surface area contributed by atoms with Crippen LogP contribution in [0.2, 0.25) is 0 Å². The van der Waals surface area contributed by atoms with Gasteiger partial charge in [-0.1, -0.05) is 62.4 Å². The van der Waals surface area contributed by atoms with E-state index >= 15 is 0 Å². The summed E-state index contributed by atoms with van der Waals surface area (Å²) in [5, 5.41) is 11.8. The van der Waals surface area contributed by atoms with E-state index in [4.69, 9.17) is 9.84 Å². The lowest BCUT2D eigenvalue weighted by Gasteiger charge is -2.24. The van der Waals surface area contributed by atoms with Gasteiger partial charge in [0.1, 0.15) is 12.6 Å². The maximum atomic E-state index is 13.0. The Morgan fingerprint density at radius 3 is 2.24 bits per heavy atom. The van der Waals surface area contributed by atoms with Gasteiger partial charge in [-0.2, -0.15) is 0 Å². The number of hydrogen-bond donors (Lipinski definition) is 2. The summed E-state index contributed by atoms with van der Waals surface area (Å²) in [5.41, 5.74) is 4.57. The van der Waals surface area contributed by atoms with Crippen LogP contribution in [0.4, 0.5) is 4.79 Å². The number of ether oxygens (including phenoxy) is 1. The first-order valence-electron chi connectivity index (χ1n) is 11.5. The normalized spacial score (nSPS) is 20.1. The molecule has 7 heteroatoms. The topological polar surface area (TPSA) is 95.9 Å². The molecule has 174 valence electrons. The van der Waals surface area contributed by atoms with Crippen molar-refractivity contribution in [2.45, 2.75) is 38.6 Å². The fourth-order valence-electron chi connectivity index (χ4n) is 5.05. The van der Waals surface area contributed by atoms with Gasteiger partial charge in [0.25, 0.3) is 0 Å². The summed E-state index contributed by atoms with van der Waals surface area (Å²) in [6.45, 7) is 4.88. The van der Waals surface area contributed by atoms with Gasteiger partial charge in [-0.15, -0.1) is 0 Å². The third-order valence-corrected chi connectivity index (χ3v) is 6.86. The molecule has 3 atom stereocenters. The molecule has 2 unspecified atom stereocenters. The number of nitrogens with zero attached hydrogens (tertiary/aromatic N) is 1. The summed E-state index contributed by atoms with van der Waals surface area (Å²) >= 11 is 0. The second-order valence-electron chi connectivity index (χ2n) is 9.01. The Kier molecular flexibility index (Phi) is 6.67. The summed E-state index contributed by atoms with van der Waals surface area (Å²) in [4.78, 5) is 38.3. The Morgan fingerprint density at radius 1 is 1.06 bits per heavy atom. The van der Waals surface area contributed by atoms with E-state index in [1.54, 1.807) is 4.90 Å². The highest BCUT2D eigenvalue weighted by Gasteiger charge is 2.36. The van der Waals surface area contributed by atoms with Crippen LogP contribution in [0.3, 0.4) is 0 Å². The number of nitrogens with one attached hydrogen (secondary N) is 1. The monoisotopic (exact) mass is 450 g/mol. The molecule has 0 radical (unpaired) electrons. The van der Waals surface area contributed by atoms with Gasteiger partial charge < -0.3 is 20.1 Å². The second-order valence-corrected chi connectivity index (χ2v) is 9.01. The van der Waals surface area contributed by atoms with Crippen molar-refractivity contribution >= 4 is 18.0 Å². The minimum Gasteiger partial charge on any atom is -0.481 e. The van der Waals surface area contributed by atoms with Crippen molar-refractivity contribution in [2.75, 3.05) is 19.7 Å². The number of carboxylic acids is 1. The molecule has 2 aromatic carbocycles. The molecular formula is C26H30N2O5. The van der Waals surface area contributed by atoms with Crippen molar-refractivity contribution in [1.29, 1.82) is 0 Å². The first-order chi connectivity index (χ1) is 15.9. The molecule has 33 heavy (non-hydrogen) atoms. The van der Waals surface area contributed by atoms with Crippen LogP contribution in [0.25, 0.3) is 11.1 Å². The van der Waals surface area contributed by atoms with Crippen LogP contribution >= 0.6 is 0 Å². The van der Waals surface area contributed by atoms with Gasteiger partial charge in [0.05, 0.1) is 6.42 Å². The fourth-order valence-corrected chi connectivity index (χ4v) is 5.05. The molecule has 2 aromatic rings. The first-order valence-corrected chi connectivity index (χ1v) is 11.5. The summed E-state index contributed by atoms with van der Waals surface area (Å²) in [5.74, 6) is -1.05. The van der Waals surface area contributed by atoms with Crippen molar-refractivity contribution in [2.24, 2.45) is 11.8 Å². The number of amides is 2. The molecule has 7 nitrogen and oxygen atoms in total. The number of carbonyl (C=O) groups is 3. The lowest BCUT2D eigenvalue weighted by Crippen LogP contribution is -2.48. The highest BCUT2D eigenvalue weighted by atomic mass is 16.5. The number of carbonyl (C=O) groups excluding carboxylic acids is 2. The average Bonchev–Trinajstić information content (AvgIpc) is 3.33. The third kappa shape index (κ3) is 4.72. The predicted octanol–water partition coefficient (Wildman–Crippen LogP) is 3.87. The van der Waals surface area contributed by atoms with Gasteiger partial charge in [0.15, 0.2) is 0 Å². The van der Waals surface area contributed by atoms with Gasteiger partial charge in [-0.3, -0.25) is 9.59 Å². The Morgan fingerprint density at radius 2 is 1.67 bits per heavy atom. The number of aliphatic carboxylic acids is 1. The van der Waals surface area contributed by atoms with E-state index in [0.717, 1.165) is 22.3 Å². The summed E-state index contributed by atoms with van der Waals surface area (Å²) < 4.78 is 5.58. The van der Waals surface area contributed by atoms with Gasteiger partial charge >= 0.3 is 12.1 Å². The Balaban J connectivity index is 1.37. The van der Waals surface area contributed by atoms with E-state index in [2.05, 4.69) is 29.6 Å². The van der Waals surface area contributed by atoms with E-state index < -0.39 is 18.1 Å². The largest absolute Gasteiger partial charge is 0.481 e. The van der Waals surface area contributed by atoms with Crippen LogP contribution in [-0.2, 0) is 14.3 Å². The highest BCUT2D eigenvalue weighted by molar-refractivity contribution is 5.86. The summed E-state index contributed by atoms with van der Waals surface area (Å²) in [7, 11) is 0. The molecule has 2 N–H and O–H groups in total. The van der Waals surface area contributed by atoms with Crippen molar-refractivity contribution in [3.8, 4) is 11.1 Å². The van der Waals surface area contributed by atoms with Crippen molar-refractivity contribution in [3.63, 3.8) is 0 Å². The molecule has 1 aliphatic carbocycles. The molecule has 2 aliphatic rings. The van der Waals surface area contributed by atoms with E-state index in [1.807, 2.05) is 38.1 Å². The zero-order valence-electron chi connectivity index (χ0n) is 19.0. The van der Waals surface area contributed by atoms with Crippen LogP contribution in [0.15, 0.2) is 48.5 Å².